The lowest BCUT2D eigenvalue weighted by Crippen LogP contribution is -2.45. The first-order valence-corrected chi connectivity index (χ1v) is 7.17. The molecule has 0 aliphatic carbocycles. The van der Waals surface area contributed by atoms with Gasteiger partial charge >= 0.3 is 5.97 Å². The number of carboxylic acid groups (broad SMARTS) is 1. The van der Waals surface area contributed by atoms with Gasteiger partial charge in [0.1, 0.15) is 6.04 Å². The van der Waals surface area contributed by atoms with Crippen molar-refractivity contribution in [2.45, 2.75) is 38.0 Å². The van der Waals surface area contributed by atoms with Crippen LogP contribution in [0.3, 0.4) is 0 Å². The van der Waals surface area contributed by atoms with Gasteiger partial charge in [-0.15, -0.1) is 0 Å². The highest BCUT2D eigenvalue weighted by atomic mass is 32.1. The van der Waals surface area contributed by atoms with Crippen LogP contribution in [0.5, 0.6) is 0 Å². The van der Waals surface area contributed by atoms with Crippen molar-refractivity contribution in [2.75, 3.05) is 0 Å². The lowest BCUT2D eigenvalue weighted by molar-refractivity contribution is -0.142. The summed E-state index contributed by atoms with van der Waals surface area (Å²) in [7, 11) is 0. The third-order valence-electron chi connectivity index (χ3n) is 2.90. The molecule has 110 valence electrons. The SMILES string of the molecule is CC(C)C[C@@H](NC(=O)[C@@H](S)Cc1ccccc1)C(=O)O. The van der Waals surface area contributed by atoms with Crippen molar-refractivity contribution in [1.29, 1.82) is 0 Å². The predicted molar refractivity (Wildman–Crippen MR) is 81.9 cm³/mol. The zero-order chi connectivity index (χ0) is 15.1. The molecule has 1 rings (SSSR count). The Balaban J connectivity index is 2.57. The van der Waals surface area contributed by atoms with E-state index in [2.05, 4.69) is 17.9 Å². The Labute approximate surface area is 125 Å². The number of benzene rings is 1. The number of amides is 1. The molecular formula is C15H21NO3S. The van der Waals surface area contributed by atoms with E-state index in [1.165, 1.54) is 0 Å². The zero-order valence-corrected chi connectivity index (χ0v) is 12.6. The fourth-order valence-electron chi connectivity index (χ4n) is 1.89. The average Bonchev–Trinajstić information content (AvgIpc) is 2.38. The minimum Gasteiger partial charge on any atom is -0.480 e. The van der Waals surface area contributed by atoms with Crippen LogP contribution in [0.2, 0.25) is 0 Å². The Morgan fingerprint density at radius 3 is 2.35 bits per heavy atom. The van der Waals surface area contributed by atoms with Crippen LogP contribution in [0.4, 0.5) is 0 Å². The summed E-state index contributed by atoms with van der Waals surface area (Å²) < 4.78 is 0. The van der Waals surface area contributed by atoms with Crippen LogP contribution in [0, 0.1) is 5.92 Å². The van der Waals surface area contributed by atoms with Gasteiger partial charge in [-0.05, 0) is 24.3 Å². The molecule has 0 aromatic heterocycles. The van der Waals surface area contributed by atoms with E-state index in [1.54, 1.807) is 0 Å². The molecule has 0 saturated heterocycles. The topological polar surface area (TPSA) is 66.4 Å². The third-order valence-corrected chi connectivity index (χ3v) is 3.31. The van der Waals surface area contributed by atoms with E-state index >= 15 is 0 Å². The average molecular weight is 295 g/mol. The maximum atomic E-state index is 12.0. The van der Waals surface area contributed by atoms with E-state index < -0.39 is 17.3 Å². The number of carbonyl (C=O) groups is 2. The highest BCUT2D eigenvalue weighted by Gasteiger charge is 2.24. The number of aliphatic carboxylic acids is 1. The molecule has 0 fully saturated rings. The molecule has 0 saturated carbocycles. The molecule has 2 atom stereocenters. The highest BCUT2D eigenvalue weighted by Crippen LogP contribution is 2.10. The molecule has 2 N–H and O–H groups in total. The minimum absolute atomic E-state index is 0.198. The summed E-state index contributed by atoms with van der Waals surface area (Å²) in [4.78, 5) is 23.1. The van der Waals surface area contributed by atoms with Crippen LogP contribution in [0.25, 0.3) is 0 Å². The Morgan fingerprint density at radius 1 is 1.25 bits per heavy atom. The van der Waals surface area contributed by atoms with Crippen molar-refractivity contribution in [3.05, 3.63) is 35.9 Å². The number of hydrogen-bond donors (Lipinski definition) is 3. The number of rotatable bonds is 7. The molecule has 0 bridgehead atoms. The summed E-state index contributed by atoms with van der Waals surface area (Å²) in [6.07, 6.45) is 0.886. The van der Waals surface area contributed by atoms with Crippen molar-refractivity contribution in [2.24, 2.45) is 5.92 Å². The van der Waals surface area contributed by atoms with E-state index in [1.807, 2.05) is 44.2 Å². The standard InChI is InChI=1S/C15H21NO3S/c1-10(2)8-12(15(18)19)16-14(17)13(20)9-11-6-4-3-5-7-11/h3-7,10,12-13,20H,8-9H2,1-2H3,(H,16,17)(H,18,19)/t12-,13+/m1/s1. The molecule has 4 nitrogen and oxygen atoms in total. The molecule has 1 aromatic rings. The second-order valence-corrected chi connectivity index (χ2v) is 5.86. The van der Waals surface area contributed by atoms with E-state index in [9.17, 15) is 9.59 Å². The fraction of sp³-hybridized carbons (Fsp3) is 0.467. The molecule has 1 amide bonds. The molecule has 1 aromatic carbocycles. The summed E-state index contributed by atoms with van der Waals surface area (Å²) in [5.41, 5.74) is 0.999. The molecule has 0 unspecified atom stereocenters. The molecule has 20 heavy (non-hydrogen) atoms. The first kappa shape index (κ1) is 16.6. The number of thiol groups is 1. The summed E-state index contributed by atoms with van der Waals surface area (Å²) in [5, 5.41) is 11.1. The van der Waals surface area contributed by atoms with Crippen molar-refractivity contribution >= 4 is 24.5 Å². The van der Waals surface area contributed by atoms with Gasteiger partial charge < -0.3 is 10.4 Å². The van der Waals surface area contributed by atoms with Gasteiger partial charge in [-0.2, -0.15) is 12.6 Å². The second kappa shape index (κ2) is 7.94. The van der Waals surface area contributed by atoms with Crippen molar-refractivity contribution in [3.8, 4) is 0 Å². The quantitative estimate of drug-likeness (QED) is 0.675. The van der Waals surface area contributed by atoms with Crippen LogP contribution < -0.4 is 5.32 Å². The molecule has 0 aliphatic rings. The summed E-state index contributed by atoms with van der Waals surface area (Å²) in [5.74, 6) is -1.15. The van der Waals surface area contributed by atoms with Gasteiger partial charge in [0.05, 0.1) is 5.25 Å². The molecule has 0 spiro atoms. The van der Waals surface area contributed by atoms with Crippen LogP contribution in [-0.2, 0) is 16.0 Å². The number of carbonyl (C=O) groups excluding carboxylic acids is 1. The lowest BCUT2D eigenvalue weighted by atomic mass is 10.0. The monoisotopic (exact) mass is 295 g/mol. The zero-order valence-electron chi connectivity index (χ0n) is 11.7. The lowest BCUT2D eigenvalue weighted by Gasteiger charge is -2.19. The normalized spacial score (nSPS) is 13.8. The number of hydrogen-bond acceptors (Lipinski definition) is 3. The van der Waals surface area contributed by atoms with Gasteiger partial charge in [0.15, 0.2) is 0 Å². The number of carboxylic acids is 1. The second-order valence-electron chi connectivity index (χ2n) is 5.23. The van der Waals surface area contributed by atoms with Gasteiger partial charge in [-0.3, -0.25) is 4.79 Å². The van der Waals surface area contributed by atoms with E-state index in [0.717, 1.165) is 5.56 Å². The Hall–Kier alpha value is -1.49. The summed E-state index contributed by atoms with van der Waals surface area (Å²) in [6.45, 7) is 3.84. The molecule has 5 heteroatoms. The summed E-state index contributed by atoms with van der Waals surface area (Å²) >= 11 is 4.27. The van der Waals surface area contributed by atoms with Crippen LogP contribution in [0.1, 0.15) is 25.8 Å². The molecule has 0 radical (unpaired) electrons. The van der Waals surface area contributed by atoms with Crippen molar-refractivity contribution in [1.82, 2.24) is 5.32 Å². The van der Waals surface area contributed by atoms with E-state index in [-0.39, 0.29) is 11.8 Å². The van der Waals surface area contributed by atoms with Gasteiger partial charge in [0.25, 0.3) is 0 Å². The Kier molecular flexibility index (Phi) is 6.58. The maximum Gasteiger partial charge on any atom is 0.326 e. The van der Waals surface area contributed by atoms with Gasteiger partial charge in [-0.25, -0.2) is 4.79 Å². The highest BCUT2D eigenvalue weighted by molar-refractivity contribution is 7.81. The van der Waals surface area contributed by atoms with Crippen molar-refractivity contribution < 1.29 is 14.7 Å². The number of nitrogens with one attached hydrogen (secondary N) is 1. The third kappa shape index (κ3) is 5.65. The van der Waals surface area contributed by atoms with Gasteiger partial charge in [0.2, 0.25) is 5.91 Å². The molecule has 0 aliphatic heterocycles. The van der Waals surface area contributed by atoms with Gasteiger partial charge in [0, 0.05) is 0 Å². The fourth-order valence-corrected chi connectivity index (χ4v) is 2.18. The predicted octanol–water partition coefficient (Wildman–Crippen LogP) is 2.14. The van der Waals surface area contributed by atoms with Crippen LogP contribution >= 0.6 is 12.6 Å². The largest absolute Gasteiger partial charge is 0.480 e. The smallest absolute Gasteiger partial charge is 0.326 e. The molecular weight excluding hydrogens is 274 g/mol. The van der Waals surface area contributed by atoms with Gasteiger partial charge in [-0.1, -0.05) is 44.2 Å². The van der Waals surface area contributed by atoms with E-state index in [4.69, 9.17) is 5.11 Å². The Bertz CT molecular complexity index is 448. The van der Waals surface area contributed by atoms with Crippen molar-refractivity contribution in [3.63, 3.8) is 0 Å². The first-order valence-electron chi connectivity index (χ1n) is 6.65. The summed E-state index contributed by atoms with van der Waals surface area (Å²) in [6, 6.07) is 8.67. The first-order chi connectivity index (χ1) is 9.40. The minimum atomic E-state index is -1.01. The van der Waals surface area contributed by atoms with Crippen LogP contribution in [0.15, 0.2) is 30.3 Å². The maximum absolute atomic E-state index is 12.0. The Morgan fingerprint density at radius 2 is 1.85 bits per heavy atom. The van der Waals surface area contributed by atoms with E-state index in [0.29, 0.717) is 12.8 Å². The molecule has 0 heterocycles. The van der Waals surface area contributed by atoms with Crippen LogP contribution in [-0.4, -0.2) is 28.3 Å².